The van der Waals surface area contributed by atoms with E-state index in [0.29, 0.717) is 5.69 Å². The number of anilines is 3. The van der Waals surface area contributed by atoms with E-state index >= 15 is 0 Å². The number of carbonyl (C=O) groups is 1. The lowest BCUT2D eigenvalue weighted by Crippen LogP contribution is -2.15. The topological polar surface area (TPSA) is 73.1 Å². The third-order valence-corrected chi connectivity index (χ3v) is 5.03. The van der Waals surface area contributed by atoms with Crippen LogP contribution in [0.2, 0.25) is 0 Å². The number of nitrogens with zero attached hydrogens (tertiary/aromatic N) is 2. The summed E-state index contributed by atoms with van der Waals surface area (Å²) in [5, 5.41) is 7.53. The largest absolute Gasteiger partial charge is 0.385 e. The highest BCUT2D eigenvalue weighted by atomic mass is 16.1. The molecule has 0 saturated heterocycles. The van der Waals surface area contributed by atoms with Crippen LogP contribution in [0.15, 0.2) is 73.1 Å². The zero-order valence-electron chi connectivity index (χ0n) is 17.1. The van der Waals surface area contributed by atoms with Crippen LogP contribution in [-0.2, 0) is 6.42 Å². The van der Waals surface area contributed by atoms with E-state index in [1.807, 2.05) is 55.4 Å². The van der Waals surface area contributed by atoms with Gasteiger partial charge in [-0.15, -0.1) is 0 Å². The van der Waals surface area contributed by atoms with Crippen LogP contribution in [0.3, 0.4) is 0 Å². The third kappa shape index (κ3) is 4.43. The van der Waals surface area contributed by atoms with Crippen molar-refractivity contribution in [1.29, 1.82) is 0 Å². The second-order valence-electron chi connectivity index (χ2n) is 7.36. The van der Waals surface area contributed by atoms with Gasteiger partial charge in [0.25, 0.3) is 5.91 Å². The van der Waals surface area contributed by atoms with Crippen LogP contribution in [0.5, 0.6) is 0 Å². The molecule has 2 heterocycles. The number of aromatic nitrogens is 2. The lowest BCUT2D eigenvalue weighted by molar-refractivity contribution is 0.102. The lowest BCUT2D eigenvalue weighted by atomic mass is 10.1. The van der Waals surface area contributed by atoms with Crippen molar-refractivity contribution in [3.05, 3.63) is 84.3 Å². The number of hydrogen-bond donors (Lipinski definition) is 3. The predicted molar refractivity (Wildman–Crippen MR) is 123 cm³/mol. The molecular formula is C24H25N5O. The van der Waals surface area contributed by atoms with Gasteiger partial charge in [-0.3, -0.25) is 9.78 Å². The number of fused-ring (bicyclic) bond motifs is 1. The normalized spacial score (nSPS) is 10.7. The highest BCUT2D eigenvalue weighted by Crippen LogP contribution is 2.19. The van der Waals surface area contributed by atoms with Gasteiger partial charge in [0.1, 0.15) is 5.69 Å². The Morgan fingerprint density at radius 2 is 1.83 bits per heavy atom. The van der Waals surface area contributed by atoms with Gasteiger partial charge in [-0.25, -0.2) is 0 Å². The van der Waals surface area contributed by atoms with E-state index in [1.165, 1.54) is 10.9 Å². The van der Waals surface area contributed by atoms with Gasteiger partial charge < -0.3 is 20.5 Å². The number of pyridine rings is 1. The highest BCUT2D eigenvalue weighted by molar-refractivity contribution is 6.03. The summed E-state index contributed by atoms with van der Waals surface area (Å²) in [6.07, 6.45) is 4.59. The van der Waals surface area contributed by atoms with E-state index < -0.39 is 0 Å². The molecule has 0 aliphatic rings. The summed E-state index contributed by atoms with van der Waals surface area (Å²) >= 11 is 0. The standard InChI is InChI=1S/C24H25N5O/c1-29(2)20-9-7-18(8-10-20)28-24(30)23-15-19(12-14-26-23)25-13-11-17-16-27-22-6-4-3-5-21(17)22/h3-10,12,14-16,27H,11,13H2,1-2H3,(H,25,26)(H,28,30). The average molecular weight is 399 g/mol. The molecule has 2 aromatic carbocycles. The van der Waals surface area contributed by atoms with Gasteiger partial charge in [-0.2, -0.15) is 0 Å². The fourth-order valence-corrected chi connectivity index (χ4v) is 3.38. The smallest absolute Gasteiger partial charge is 0.274 e. The molecule has 0 atom stereocenters. The molecule has 0 aliphatic heterocycles. The number of benzene rings is 2. The van der Waals surface area contributed by atoms with Crippen LogP contribution in [0.4, 0.5) is 17.1 Å². The average Bonchev–Trinajstić information content (AvgIpc) is 3.17. The molecular weight excluding hydrogens is 374 g/mol. The van der Waals surface area contributed by atoms with Gasteiger partial charge in [0, 0.05) is 61.0 Å². The first-order chi connectivity index (χ1) is 14.6. The molecule has 2 aromatic heterocycles. The maximum Gasteiger partial charge on any atom is 0.274 e. The fraction of sp³-hybridized carbons (Fsp3) is 0.167. The van der Waals surface area contributed by atoms with Crippen molar-refractivity contribution in [2.24, 2.45) is 0 Å². The van der Waals surface area contributed by atoms with E-state index in [0.717, 1.165) is 35.5 Å². The molecule has 0 bridgehead atoms. The van der Waals surface area contributed by atoms with Crippen molar-refractivity contribution in [2.45, 2.75) is 6.42 Å². The van der Waals surface area contributed by atoms with Crippen LogP contribution in [0.25, 0.3) is 10.9 Å². The Balaban J connectivity index is 1.36. The number of para-hydroxylation sites is 1. The van der Waals surface area contributed by atoms with E-state index in [9.17, 15) is 4.79 Å². The third-order valence-electron chi connectivity index (χ3n) is 5.03. The van der Waals surface area contributed by atoms with Gasteiger partial charge in [-0.1, -0.05) is 18.2 Å². The van der Waals surface area contributed by atoms with Gasteiger partial charge >= 0.3 is 0 Å². The second kappa shape index (κ2) is 8.69. The molecule has 3 N–H and O–H groups in total. The number of rotatable bonds is 7. The van der Waals surface area contributed by atoms with Gasteiger partial charge in [0.2, 0.25) is 0 Å². The molecule has 4 rings (SSSR count). The summed E-state index contributed by atoms with van der Waals surface area (Å²) in [5.74, 6) is -0.229. The minimum Gasteiger partial charge on any atom is -0.385 e. The fourth-order valence-electron chi connectivity index (χ4n) is 3.38. The summed E-state index contributed by atoms with van der Waals surface area (Å²) in [6.45, 7) is 0.763. The molecule has 0 fully saturated rings. The zero-order chi connectivity index (χ0) is 20.9. The Morgan fingerprint density at radius 3 is 2.63 bits per heavy atom. The van der Waals surface area contributed by atoms with Crippen LogP contribution < -0.4 is 15.5 Å². The molecule has 1 amide bonds. The van der Waals surface area contributed by atoms with E-state index in [1.54, 1.807) is 12.3 Å². The Morgan fingerprint density at radius 1 is 1.03 bits per heavy atom. The van der Waals surface area contributed by atoms with Crippen molar-refractivity contribution < 1.29 is 4.79 Å². The van der Waals surface area contributed by atoms with Crippen LogP contribution in [0.1, 0.15) is 16.1 Å². The Hall–Kier alpha value is -3.80. The predicted octanol–water partition coefficient (Wildman–Crippen LogP) is 4.54. The highest BCUT2D eigenvalue weighted by Gasteiger charge is 2.09. The van der Waals surface area contributed by atoms with Gasteiger partial charge in [-0.05, 0) is 54.4 Å². The first-order valence-electron chi connectivity index (χ1n) is 9.94. The minimum absolute atomic E-state index is 0.229. The van der Waals surface area contributed by atoms with Gasteiger partial charge in [0.05, 0.1) is 0 Å². The molecule has 152 valence electrons. The molecule has 6 nitrogen and oxygen atoms in total. The Labute approximate surface area is 176 Å². The molecule has 0 unspecified atom stereocenters. The van der Waals surface area contributed by atoms with E-state index in [4.69, 9.17) is 0 Å². The molecule has 0 radical (unpaired) electrons. The van der Waals surface area contributed by atoms with Crippen molar-refractivity contribution in [2.75, 3.05) is 36.2 Å². The van der Waals surface area contributed by atoms with Crippen LogP contribution in [-0.4, -0.2) is 36.5 Å². The summed E-state index contributed by atoms with van der Waals surface area (Å²) < 4.78 is 0. The monoisotopic (exact) mass is 399 g/mol. The molecule has 4 aromatic rings. The Kier molecular flexibility index (Phi) is 5.66. The zero-order valence-corrected chi connectivity index (χ0v) is 17.1. The maximum absolute atomic E-state index is 12.6. The van der Waals surface area contributed by atoms with Crippen molar-refractivity contribution in [3.8, 4) is 0 Å². The Bertz CT molecular complexity index is 1150. The van der Waals surface area contributed by atoms with Crippen molar-refractivity contribution in [1.82, 2.24) is 9.97 Å². The SMILES string of the molecule is CN(C)c1ccc(NC(=O)c2cc(NCCc3c[nH]c4ccccc34)ccn2)cc1. The first-order valence-corrected chi connectivity index (χ1v) is 9.94. The number of hydrogen-bond acceptors (Lipinski definition) is 4. The minimum atomic E-state index is -0.229. The molecule has 0 aliphatic carbocycles. The molecule has 0 saturated carbocycles. The summed E-state index contributed by atoms with van der Waals surface area (Å²) in [5.41, 5.74) is 5.49. The van der Waals surface area contributed by atoms with Crippen molar-refractivity contribution in [3.63, 3.8) is 0 Å². The number of aromatic amines is 1. The molecule has 0 spiro atoms. The van der Waals surface area contributed by atoms with E-state index in [-0.39, 0.29) is 5.91 Å². The van der Waals surface area contributed by atoms with Crippen LogP contribution >= 0.6 is 0 Å². The quantitative estimate of drug-likeness (QED) is 0.427. The number of amides is 1. The van der Waals surface area contributed by atoms with Crippen LogP contribution in [0, 0.1) is 0 Å². The number of H-pyrrole nitrogens is 1. The molecule has 30 heavy (non-hydrogen) atoms. The van der Waals surface area contributed by atoms with Crippen molar-refractivity contribution >= 4 is 33.9 Å². The first kappa shape index (κ1) is 19.5. The summed E-state index contributed by atoms with van der Waals surface area (Å²) in [6, 6.07) is 19.6. The summed E-state index contributed by atoms with van der Waals surface area (Å²) in [4.78, 5) is 22.1. The van der Waals surface area contributed by atoms with E-state index in [2.05, 4.69) is 45.0 Å². The van der Waals surface area contributed by atoms with Gasteiger partial charge in [0.15, 0.2) is 0 Å². The maximum atomic E-state index is 12.6. The number of nitrogens with one attached hydrogen (secondary N) is 3. The second-order valence-corrected chi connectivity index (χ2v) is 7.36. The summed E-state index contributed by atoms with van der Waals surface area (Å²) in [7, 11) is 3.96. The molecule has 6 heteroatoms. The lowest BCUT2D eigenvalue weighted by Gasteiger charge is -2.13. The number of carbonyl (C=O) groups excluding carboxylic acids is 1.